The number of nitrogens with two attached hydrogens (primary N) is 1. The molecule has 6 atom stereocenters. The van der Waals surface area contributed by atoms with E-state index in [1.807, 2.05) is 0 Å². The van der Waals surface area contributed by atoms with Crippen LogP contribution in [-0.2, 0) is 45.8 Å². The van der Waals surface area contributed by atoms with Gasteiger partial charge in [0.25, 0.3) is 5.91 Å². The number of benzene rings is 1. The van der Waals surface area contributed by atoms with Crippen molar-refractivity contribution in [3.05, 3.63) is 58.4 Å². The van der Waals surface area contributed by atoms with Gasteiger partial charge < -0.3 is 59.9 Å². The van der Waals surface area contributed by atoms with E-state index in [2.05, 4.69) is 56.4 Å². The van der Waals surface area contributed by atoms with Crippen LogP contribution in [0.2, 0.25) is 0 Å². The summed E-state index contributed by atoms with van der Waals surface area (Å²) in [6.07, 6.45) is 1.03. The van der Waals surface area contributed by atoms with E-state index in [1.165, 1.54) is 6.33 Å². The first kappa shape index (κ1) is 47.2. The summed E-state index contributed by atoms with van der Waals surface area (Å²) in [4.78, 5) is 64.2. The summed E-state index contributed by atoms with van der Waals surface area (Å²) in [5.74, 6) is 5.48. The number of carbonyl (C=O) groups is 2. The second-order valence-corrected chi connectivity index (χ2v) is 17.3. The fourth-order valence-corrected chi connectivity index (χ4v) is 8.69. The van der Waals surface area contributed by atoms with Crippen molar-refractivity contribution in [3.63, 3.8) is 0 Å². The molecule has 322 valence electrons. The number of phosphoric ester groups is 1. The number of carbonyl (C=O) groups excluding carboxylic acids is 2. The SMILES string of the molecule is CNCCNC(=O)c1cccc(OCC(N=[N+]=[N-])OCCOCC(=O)NCC#Cc2cn([C@H]3CC[C@@H](COP(=O)(O)OP(=O)(O)OP(C)(=O)O)O3)c3ncnc(N)c23)c1. The highest BCUT2D eigenvalue weighted by molar-refractivity contribution is 7.68. The zero-order valence-electron chi connectivity index (χ0n) is 31.6. The van der Waals surface area contributed by atoms with Crippen molar-refractivity contribution in [3.8, 4) is 17.6 Å². The Kier molecular flexibility index (Phi) is 17.8. The molecule has 0 aliphatic carbocycles. The standard InChI is InChI=1S/C31H43N10O15P3/c1-34-11-12-36-31(43)21-5-3-7-23(15-21)52-19-26(39-40-33)51-14-13-50-18-25(42)35-10-4-6-22-16-41(30-28(22)29(32)37-20-38-30)27-9-8-24(54-27)17-53-58(46,47)56-59(48,49)55-57(2,44)45/h3,5,7,15-16,20,24,26-27,34H,8-14,17-19H2,1-2H3,(H,35,42)(H,36,43)(H,44,45)(H,46,47)(H,48,49)(H2,32,37,38)/t24-,26?,27+/m0/s1. The van der Waals surface area contributed by atoms with Gasteiger partial charge in [0.2, 0.25) is 5.91 Å². The quantitative estimate of drug-likeness (QED) is 0.0178. The molecule has 3 heterocycles. The third-order valence-electron chi connectivity index (χ3n) is 7.62. The molecule has 28 heteroatoms. The van der Waals surface area contributed by atoms with Crippen molar-refractivity contribution in [1.29, 1.82) is 0 Å². The smallest absolute Gasteiger partial charge is 0.488 e. The Balaban J connectivity index is 1.21. The summed E-state index contributed by atoms with van der Waals surface area (Å²) in [7, 11) is -13.4. The molecular weight excluding hydrogens is 845 g/mol. The van der Waals surface area contributed by atoms with E-state index in [4.69, 9.17) is 39.6 Å². The molecule has 1 aliphatic heterocycles. The Morgan fingerprint density at radius 2 is 1.93 bits per heavy atom. The van der Waals surface area contributed by atoms with Crippen LogP contribution in [0.3, 0.4) is 0 Å². The number of aromatic nitrogens is 3. The van der Waals surface area contributed by atoms with Crippen molar-refractivity contribution >= 4 is 51.9 Å². The maximum absolute atomic E-state index is 12.3. The predicted molar refractivity (Wildman–Crippen MR) is 206 cm³/mol. The third-order valence-corrected chi connectivity index (χ3v) is 11.8. The number of ether oxygens (including phenoxy) is 4. The highest BCUT2D eigenvalue weighted by Gasteiger charge is 2.40. The minimum Gasteiger partial charge on any atom is -0.491 e. The van der Waals surface area contributed by atoms with Crippen LogP contribution in [-0.4, -0.2) is 120 Å². The average Bonchev–Trinajstić information content (AvgIpc) is 3.79. The van der Waals surface area contributed by atoms with Crippen molar-refractivity contribution in [2.24, 2.45) is 5.11 Å². The Morgan fingerprint density at radius 1 is 1.14 bits per heavy atom. The molecule has 0 bridgehead atoms. The molecule has 4 unspecified atom stereocenters. The van der Waals surface area contributed by atoms with Gasteiger partial charge in [0.05, 0.1) is 43.4 Å². The minimum absolute atomic E-state index is 0.0195. The molecule has 0 spiro atoms. The molecule has 8 N–H and O–H groups in total. The second-order valence-electron chi connectivity index (χ2n) is 12.3. The molecule has 4 rings (SSSR count). The number of phosphoric acid groups is 2. The fraction of sp³-hybridized carbons (Fsp3) is 0.484. The number of nitrogen functional groups attached to an aromatic ring is 1. The van der Waals surface area contributed by atoms with E-state index in [-0.39, 0.29) is 44.7 Å². The molecular formula is C31H43N10O15P3. The Labute approximate surface area is 336 Å². The molecule has 2 amide bonds. The van der Waals surface area contributed by atoms with E-state index in [1.54, 1.807) is 42.1 Å². The number of hydrogen-bond acceptors (Lipinski definition) is 17. The summed E-state index contributed by atoms with van der Waals surface area (Å²) >= 11 is 0. The van der Waals surface area contributed by atoms with E-state index < -0.39 is 54.3 Å². The zero-order chi connectivity index (χ0) is 43.1. The van der Waals surface area contributed by atoms with Crippen LogP contribution in [0.4, 0.5) is 5.82 Å². The molecule has 1 fully saturated rings. The van der Waals surface area contributed by atoms with Gasteiger partial charge in [0.1, 0.15) is 43.0 Å². The van der Waals surface area contributed by atoms with Gasteiger partial charge in [-0.3, -0.25) is 18.7 Å². The predicted octanol–water partition coefficient (Wildman–Crippen LogP) is 1.92. The van der Waals surface area contributed by atoms with Gasteiger partial charge >= 0.3 is 23.2 Å². The van der Waals surface area contributed by atoms with Crippen molar-refractivity contribution in [1.82, 2.24) is 30.5 Å². The lowest BCUT2D eigenvalue weighted by Gasteiger charge is -2.19. The van der Waals surface area contributed by atoms with Gasteiger partial charge in [-0.05, 0) is 43.6 Å². The van der Waals surface area contributed by atoms with E-state index in [9.17, 15) is 33.1 Å². The maximum Gasteiger partial charge on any atom is 0.488 e. The van der Waals surface area contributed by atoms with Crippen LogP contribution in [0.15, 0.2) is 41.9 Å². The first-order chi connectivity index (χ1) is 28.0. The summed E-state index contributed by atoms with van der Waals surface area (Å²) in [6.45, 7) is 0.486. The number of fused-ring (bicyclic) bond motifs is 1. The van der Waals surface area contributed by atoms with Crippen LogP contribution in [0, 0.1) is 11.8 Å². The Hall–Kier alpha value is -4.46. The molecule has 2 aromatic heterocycles. The van der Waals surface area contributed by atoms with Crippen molar-refractivity contribution < 1.29 is 70.1 Å². The number of azide groups is 1. The molecule has 0 radical (unpaired) electrons. The Morgan fingerprint density at radius 3 is 2.68 bits per heavy atom. The molecule has 25 nitrogen and oxygen atoms in total. The third kappa shape index (κ3) is 15.9. The molecule has 1 aromatic carbocycles. The fourth-order valence-electron chi connectivity index (χ4n) is 5.19. The van der Waals surface area contributed by atoms with Crippen LogP contribution in [0.25, 0.3) is 21.5 Å². The maximum atomic E-state index is 12.3. The highest BCUT2D eigenvalue weighted by Crippen LogP contribution is 2.66. The number of anilines is 1. The van der Waals surface area contributed by atoms with Crippen LogP contribution in [0.5, 0.6) is 5.75 Å². The van der Waals surface area contributed by atoms with E-state index in [0.29, 0.717) is 60.5 Å². The first-order valence-corrected chi connectivity index (χ1v) is 22.4. The van der Waals surface area contributed by atoms with Gasteiger partial charge in [0.15, 0.2) is 6.23 Å². The van der Waals surface area contributed by atoms with Gasteiger partial charge in [-0.1, -0.05) is 23.0 Å². The zero-order valence-corrected chi connectivity index (χ0v) is 34.3. The van der Waals surface area contributed by atoms with Gasteiger partial charge in [0, 0.05) is 36.4 Å². The largest absolute Gasteiger partial charge is 0.491 e. The average molecular weight is 889 g/mol. The second kappa shape index (κ2) is 22.2. The monoisotopic (exact) mass is 888 g/mol. The minimum atomic E-state index is -5.43. The first-order valence-electron chi connectivity index (χ1n) is 17.4. The number of nitrogens with zero attached hydrogens (tertiary/aromatic N) is 6. The van der Waals surface area contributed by atoms with Crippen LogP contribution >= 0.6 is 23.2 Å². The van der Waals surface area contributed by atoms with Gasteiger partial charge in [-0.2, -0.15) is 4.31 Å². The highest BCUT2D eigenvalue weighted by atomic mass is 31.3. The lowest BCUT2D eigenvalue weighted by atomic mass is 10.2. The van der Waals surface area contributed by atoms with E-state index in [0.717, 1.165) is 0 Å². The van der Waals surface area contributed by atoms with Gasteiger partial charge in [-0.15, -0.1) is 0 Å². The topological polar surface area (TPSA) is 352 Å². The molecule has 1 saturated heterocycles. The number of rotatable bonds is 23. The lowest BCUT2D eigenvalue weighted by Crippen LogP contribution is -2.30. The van der Waals surface area contributed by atoms with Gasteiger partial charge in [-0.25, -0.2) is 23.4 Å². The number of likely N-dealkylation sites (N-methyl/N-ethyl adjacent to an activating group) is 1. The number of hydrogen-bond donors (Lipinski definition) is 7. The summed E-state index contributed by atoms with van der Waals surface area (Å²) in [6, 6.07) is 6.47. The van der Waals surface area contributed by atoms with Crippen molar-refractivity contribution in [2.75, 3.05) is 72.1 Å². The summed E-state index contributed by atoms with van der Waals surface area (Å²) in [5, 5.41) is 12.3. The van der Waals surface area contributed by atoms with Crippen LogP contribution in [0.1, 0.15) is 35.0 Å². The molecule has 59 heavy (non-hydrogen) atoms. The number of nitrogens with one attached hydrogen (secondary N) is 3. The lowest BCUT2D eigenvalue weighted by molar-refractivity contribution is -0.126. The van der Waals surface area contributed by atoms with E-state index >= 15 is 0 Å². The number of amides is 2. The summed E-state index contributed by atoms with van der Waals surface area (Å²) < 4.78 is 72.1. The normalized spacial score (nSPS) is 18.6. The molecule has 0 saturated carbocycles. The molecule has 3 aromatic rings. The van der Waals surface area contributed by atoms with Crippen LogP contribution < -0.4 is 26.4 Å². The molecule has 1 aliphatic rings. The van der Waals surface area contributed by atoms with Crippen molar-refractivity contribution in [2.45, 2.75) is 31.4 Å². The summed E-state index contributed by atoms with van der Waals surface area (Å²) in [5.41, 5.74) is 16.2. The Bertz CT molecular complexity index is 2190.